The molecule has 0 unspecified atom stereocenters. The fraction of sp³-hybridized carbons (Fsp3) is 0.933. The number of phosphoric ester groups is 1. The van der Waals surface area contributed by atoms with Crippen LogP contribution in [0.5, 0.6) is 0 Å². The van der Waals surface area contributed by atoms with E-state index in [0.717, 1.165) is 19.3 Å². The van der Waals surface area contributed by atoms with Crippen LogP contribution in [-0.2, 0) is 23.4 Å². The van der Waals surface area contributed by atoms with Crippen LogP contribution < -0.4 is 68.9 Å². The minimum absolute atomic E-state index is 0. The molecular weight excluding hydrogens is 385 g/mol. The first kappa shape index (κ1) is 32.2. The number of hydrogen-bond donors (Lipinski definition) is 1. The van der Waals surface area contributed by atoms with Crippen molar-refractivity contribution in [2.45, 2.75) is 70.8 Å². The molecule has 26 heavy (non-hydrogen) atoms. The Bertz CT molecular complexity index is 368. The van der Waals surface area contributed by atoms with E-state index in [0.29, 0.717) is 6.42 Å². The second kappa shape index (κ2) is 21.2. The van der Waals surface area contributed by atoms with Gasteiger partial charge in [0, 0.05) is 6.42 Å². The number of aliphatic hydroxyl groups excluding tert-OH is 1. The van der Waals surface area contributed by atoms with Gasteiger partial charge in [-0.2, -0.15) is 0 Å². The van der Waals surface area contributed by atoms with Gasteiger partial charge in [-0.1, -0.05) is 51.9 Å². The van der Waals surface area contributed by atoms with Crippen molar-refractivity contribution in [2.24, 2.45) is 0 Å². The largest absolute Gasteiger partial charge is 1.00 e. The average molecular weight is 414 g/mol. The van der Waals surface area contributed by atoms with Crippen molar-refractivity contribution in [3.05, 3.63) is 0 Å². The van der Waals surface area contributed by atoms with Gasteiger partial charge in [-0.25, -0.2) is 0 Å². The summed E-state index contributed by atoms with van der Waals surface area (Å²) in [6, 6.07) is 0. The van der Waals surface area contributed by atoms with Crippen LogP contribution in [-0.4, -0.2) is 37.2 Å². The Morgan fingerprint density at radius 1 is 1.00 bits per heavy atom. The van der Waals surface area contributed by atoms with Crippen molar-refractivity contribution < 1.29 is 97.4 Å². The molecule has 144 valence electrons. The van der Waals surface area contributed by atoms with Crippen LogP contribution in [0.25, 0.3) is 0 Å². The van der Waals surface area contributed by atoms with Gasteiger partial charge in [0.15, 0.2) is 0 Å². The first-order valence-electron chi connectivity index (χ1n) is 8.43. The summed E-state index contributed by atoms with van der Waals surface area (Å²) in [6.07, 6.45) is 7.90. The molecule has 0 aliphatic rings. The van der Waals surface area contributed by atoms with Crippen LogP contribution in [0.3, 0.4) is 0 Å². The molecule has 0 fully saturated rings. The number of unbranched alkanes of at least 4 members (excludes halogenated alkanes) is 7. The molecule has 0 radical (unpaired) electrons. The van der Waals surface area contributed by atoms with Crippen LogP contribution in [0.2, 0.25) is 0 Å². The third kappa shape index (κ3) is 23.5. The first-order chi connectivity index (χ1) is 11.4. The van der Waals surface area contributed by atoms with Gasteiger partial charge in [-0.05, 0) is 6.42 Å². The minimum atomic E-state index is -5.15. The molecule has 0 heterocycles. The van der Waals surface area contributed by atoms with Gasteiger partial charge in [0.1, 0.15) is 12.9 Å². The summed E-state index contributed by atoms with van der Waals surface area (Å²) in [6.45, 7) is 0.689. The van der Waals surface area contributed by atoms with E-state index in [1.807, 2.05) is 0 Å². The summed E-state index contributed by atoms with van der Waals surface area (Å²) in [5.41, 5.74) is 0. The van der Waals surface area contributed by atoms with E-state index in [1.54, 1.807) is 0 Å². The third-order valence-corrected chi connectivity index (χ3v) is 3.81. The summed E-state index contributed by atoms with van der Waals surface area (Å²) >= 11 is 0. The van der Waals surface area contributed by atoms with Gasteiger partial charge in [0.25, 0.3) is 0 Å². The summed E-state index contributed by atoms with van der Waals surface area (Å²) in [5.74, 6) is -0.511. The van der Waals surface area contributed by atoms with E-state index >= 15 is 0 Å². The number of aliphatic hydroxyl groups is 1. The van der Waals surface area contributed by atoms with Crippen molar-refractivity contribution in [3.8, 4) is 0 Å². The zero-order valence-corrected chi connectivity index (χ0v) is 21.2. The van der Waals surface area contributed by atoms with Crippen molar-refractivity contribution in [1.82, 2.24) is 0 Å². The van der Waals surface area contributed by atoms with Gasteiger partial charge >= 0.3 is 65.1 Å². The van der Waals surface area contributed by atoms with Gasteiger partial charge in [0.2, 0.25) is 0 Å². The Morgan fingerprint density at radius 2 is 1.54 bits per heavy atom. The molecule has 0 aliphatic heterocycles. The molecule has 0 aliphatic carbocycles. The number of esters is 1. The Labute approximate surface area is 200 Å². The van der Waals surface area contributed by atoms with Gasteiger partial charge < -0.3 is 33.5 Å². The van der Waals surface area contributed by atoms with E-state index in [1.165, 1.54) is 25.7 Å². The summed E-state index contributed by atoms with van der Waals surface area (Å²) in [5, 5.41) is 8.57. The number of carbonyl (C=O) groups is 1. The Hall–Kier alpha value is 1.50. The zero-order chi connectivity index (χ0) is 18.3. The SMILES string of the molecule is CCCCCCCCCCC(=O)O[C@@H](COCO)COP(=O)([O-])[O-].[Na+].[Na+]. The molecule has 0 amide bonds. The van der Waals surface area contributed by atoms with Crippen molar-refractivity contribution in [2.75, 3.05) is 20.0 Å². The van der Waals surface area contributed by atoms with Gasteiger partial charge in [-0.3, -0.25) is 4.79 Å². The quantitative estimate of drug-likeness (QED) is 0.0877. The molecule has 0 saturated heterocycles. The molecule has 0 rings (SSSR count). The van der Waals surface area contributed by atoms with Gasteiger partial charge in [0.05, 0.1) is 21.0 Å². The third-order valence-electron chi connectivity index (χ3n) is 3.35. The molecule has 1 atom stereocenters. The van der Waals surface area contributed by atoms with Crippen LogP contribution in [0.1, 0.15) is 64.7 Å². The predicted octanol–water partition coefficient (Wildman–Crippen LogP) is -4.75. The molecule has 0 bridgehead atoms. The number of carbonyl (C=O) groups excluding carboxylic acids is 1. The second-order valence-electron chi connectivity index (χ2n) is 5.58. The molecule has 11 heteroatoms. The molecule has 0 saturated carbocycles. The number of ether oxygens (including phenoxy) is 2. The van der Waals surface area contributed by atoms with Gasteiger partial charge in [-0.15, -0.1) is 0 Å². The maximum absolute atomic E-state index is 11.7. The van der Waals surface area contributed by atoms with Crippen LogP contribution in [0, 0.1) is 0 Å². The Balaban J connectivity index is -0.00000264. The van der Waals surface area contributed by atoms with E-state index in [2.05, 4.69) is 16.2 Å². The average Bonchev–Trinajstić information content (AvgIpc) is 2.51. The first-order valence-corrected chi connectivity index (χ1v) is 9.89. The van der Waals surface area contributed by atoms with Crippen molar-refractivity contribution in [1.29, 1.82) is 0 Å². The minimum Gasteiger partial charge on any atom is -0.790 e. The van der Waals surface area contributed by atoms with E-state index < -0.39 is 33.3 Å². The van der Waals surface area contributed by atoms with Crippen LogP contribution in [0.4, 0.5) is 0 Å². The monoisotopic (exact) mass is 414 g/mol. The Morgan fingerprint density at radius 3 is 2.04 bits per heavy atom. The maximum atomic E-state index is 11.7. The Kier molecular flexibility index (Phi) is 26.3. The number of phosphoric acid groups is 1. The fourth-order valence-electron chi connectivity index (χ4n) is 2.12. The molecule has 0 aromatic carbocycles. The van der Waals surface area contributed by atoms with E-state index in [9.17, 15) is 19.1 Å². The second-order valence-corrected chi connectivity index (χ2v) is 6.73. The fourth-order valence-corrected chi connectivity index (χ4v) is 2.47. The molecule has 8 nitrogen and oxygen atoms in total. The van der Waals surface area contributed by atoms with Crippen molar-refractivity contribution in [3.63, 3.8) is 0 Å². The zero-order valence-electron chi connectivity index (χ0n) is 16.3. The predicted molar refractivity (Wildman–Crippen MR) is 83.7 cm³/mol. The topological polar surface area (TPSA) is 128 Å². The smallest absolute Gasteiger partial charge is 0.790 e. The molecule has 0 aromatic rings. The van der Waals surface area contributed by atoms with E-state index in [-0.39, 0.29) is 72.1 Å². The molecule has 0 spiro atoms. The molecule has 1 N–H and O–H groups in total. The maximum Gasteiger partial charge on any atom is 1.00 e. The number of rotatable bonds is 16. The summed E-state index contributed by atoms with van der Waals surface area (Å²) in [7, 11) is -5.15. The normalized spacial score (nSPS) is 12.0. The summed E-state index contributed by atoms with van der Waals surface area (Å²) < 4.78 is 24.2. The standard InChI is InChI=1S/C15H31O8P.2Na/c1-2-3-4-5-6-7-8-9-10-15(17)23-14(11-21-13-16)12-22-24(18,19)20;;/h14,16H,2-13H2,1H3,(H2,18,19,20);;/q;2*+1/p-2/t14-;;/m0../s1. The van der Waals surface area contributed by atoms with Crippen LogP contribution in [0.15, 0.2) is 0 Å². The number of hydrogen-bond acceptors (Lipinski definition) is 8. The summed E-state index contributed by atoms with van der Waals surface area (Å²) in [4.78, 5) is 32.6. The van der Waals surface area contributed by atoms with Crippen molar-refractivity contribution >= 4 is 13.8 Å². The van der Waals surface area contributed by atoms with Crippen LogP contribution >= 0.6 is 7.82 Å². The molecular formula is C15H29Na2O8P. The molecule has 0 aromatic heterocycles. The van der Waals surface area contributed by atoms with E-state index in [4.69, 9.17) is 9.84 Å².